The second-order valence-corrected chi connectivity index (χ2v) is 4.91. The third-order valence-electron chi connectivity index (χ3n) is 3.24. The zero-order valence-corrected chi connectivity index (χ0v) is 9.73. The molecule has 0 aromatic carbocycles. The van der Waals surface area contributed by atoms with Crippen LogP contribution in [-0.2, 0) is 6.54 Å². The van der Waals surface area contributed by atoms with Crippen LogP contribution in [0.4, 0.5) is 4.39 Å². The Hall–Kier alpha value is -1.49. The van der Waals surface area contributed by atoms with Crippen LogP contribution < -0.4 is 5.73 Å². The van der Waals surface area contributed by atoms with E-state index in [0.717, 1.165) is 16.6 Å². The Morgan fingerprint density at radius 2 is 2.29 bits per heavy atom. The summed E-state index contributed by atoms with van der Waals surface area (Å²) in [7, 11) is 0. The van der Waals surface area contributed by atoms with Crippen molar-refractivity contribution in [2.75, 3.05) is 0 Å². The van der Waals surface area contributed by atoms with E-state index >= 15 is 0 Å². The maximum atomic E-state index is 13.7. The number of hydrogen-bond acceptors (Lipinski definition) is 3. The van der Waals surface area contributed by atoms with Gasteiger partial charge in [0.1, 0.15) is 5.67 Å². The van der Waals surface area contributed by atoms with Crippen LogP contribution in [0, 0.1) is 0 Å². The van der Waals surface area contributed by atoms with Crippen molar-refractivity contribution in [1.29, 1.82) is 0 Å². The molecule has 4 nitrogen and oxygen atoms in total. The number of nitrogens with zero attached hydrogens (tertiary/aromatic N) is 3. The van der Waals surface area contributed by atoms with Gasteiger partial charge in [-0.2, -0.15) is 5.10 Å². The van der Waals surface area contributed by atoms with Crippen molar-refractivity contribution in [2.45, 2.75) is 38.0 Å². The molecule has 17 heavy (non-hydrogen) atoms. The van der Waals surface area contributed by atoms with Gasteiger partial charge in [0.2, 0.25) is 0 Å². The summed E-state index contributed by atoms with van der Waals surface area (Å²) in [6.45, 7) is 2.22. The average Bonchev–Trinajstić information content (AvgIpc) is 2.88. The molecular weight excluding hydrogens is 219 g/mol. The molecule has 0 saturated heterocycles. The van der Waals surface area contributed by atoms with Gasteiger partial charge in [-0.15, -0.1) is 0 Å². The van der Waals surface area contributed by atoms with Crippen LogP contribution in [0.2, 0.25) is 0 Å². The highest BCUT2D eigenvalue weighted by Crippen LogP contribution is 2.41. The first-order valence-corrected chi connectivity index (χ1v) is 5.83. The third kappa shape index (κ3) is 1.91. The molecule has 1 unspecified atom stereocenters. The molecule has 0 aliphatic heterocycles. The predicted octanol–water partition coefficient (Wildman–Crippen LogP) is 1.95. The molecule has 2 N–H and O–H groups in total. The SMILES string of the molecule is CC(N)c1cc2cnn(CC3(F)CC3)c2cn1. The first-order chi connectivity index (χ1) is 8.07. The van der Waals surface area contributed by atoms with Gasteiger partial charge in [-0.3, -0.25) is 9.67 Å². The van der Waals surface area contributed by atoms with E-state index in [1.54, 1.807) is 17.1 Å². The zero-order chi connectivity index (χ0) is 12.0. The summed E-state index contributed by atoms with van der Waals surface area (Å²) in [5.74, 6) is 0. The molecule has 2 aromatic heterocycles. The Labute approximate surface area is 98.6 Å². The van der Waals surface area contributed by atoms with Gasteiger partial charge < -0.3 is 5.73 Å². The molecule has 2 aromatic rings. The van der Waals surface area contributed by atoms with E-state index in [1.807, 2.05) is 13.0 Å². The molecule has 1 aliphatic rings. The number of pyridine rings is 1. The minimum absolute atomic E-state index is 0.0984. The summed E-state index contributed by atoms with van der Waals surface area (Å²) in [6, 6.07) is 1.82. The second-order valence-electron chi connectivity index (χ2n) is 4.91. The number of alkyl halides is 1. The lowest BCUT2D eigenvalue weighted by Gasteiger charge is -2.07. The molecule has 1 fully saturated rings. The maximum absolute atomic E-state index is 13.7. The average molecular weight is 234 g/mol. The van der Waals surface area contributed by atoms with E-state index in [4.69, 9.17) is 5.73 Å². The standard InChI is InChI=1S/C12H15FN4/c1-8(14)10-4-9-5-16-17(11(9)6-15-10)7-12(13)2-3-12/h4-6,8H,2-3,7,14H2,1H3. The zero-order valence-electron chi connectivity index (χ0n) is 9.73. The van der Waals surface area contributed by atoms with Gasteiger partial charge in [0, 0.05) is 11.4 Å². The van der Waals surface area contributed by atoms with Crippen LogP contribution >= 0.6 is 0 Å². The van der Waals surface area contributed by atoms with Crippen molar-refractivity contribution in [3.05, 3.63) is 24.2 Å². The minimum atomic E-state index is -1.04. The second kappa shape index (κ2) is 3.50. The van der Waals surface area contributed by atoms with Crippen LogP contribution in [0.3, 0.4) is 0 Å². The lowest BCUT2D eigenvalue weighted by atomic mass is 10.2. The van der Waals surface area contributed by atoms with E-state index in [1.165, 1.54) is 0 Å². The monoisotopic (exact) mass is 234 g/mol. The molecule has 1 atom stereocenters. The normalized spacial score (nSPS) is 19.5. The molecule has 3 rings (SSSR count). The molecule has 2 heterocycles. The molecule has 0 spiro atoms. The summed E-state index contributed by atoms with van der Waals surface area (Å²) in [5.41, 5.74) is 6.44. The van der Waals surface area contributed by atoms with E-state index in [2.05, 4.69) is 10.1 Å². The number of nitrogens with two attached hydrogens (primary N) is 1. The van der Waals surface area contributed by atoms with E-state index in [9.17, 15) is 4.39 Å². The minimum Gasteiger partial charge on any atom is -0.323 e. The first kappa shape index (κ1) is 10.7. The number of fused-ring (bicyclic) bond motifs is 1. The molecule has 1 aliphatic carbocycles. The van der Waals surface area contributed by atoms with Gasteiger partial charge in [0.15, 0.2) is 0 Å². The maximum Gasteiger partial charge on any atom is 0.130 e. The fourth-order valence-corrected chi connectivity index (χ4v) is 1.93. The van der Waals surface area contributed by atoms with Gasteiger partial charge in [0.25, 0.3) is 0 Å². The molecular formula is C12H15FN4. The van der Waals surface area contributed by atoms with E-state index in [-0.39, 0.29) is 6.04 Å². The lowest BCUT2D eigenvalue weighted by Crippen LogP contribution is -2.13. The lowest BCUT2D eigenvalue weighted by molar-refractivity contribution is 0.264. The summed E-state index contributed by atoms with van der Waals surface area (Å²) in [6.07, 6.45) is 4.75. The van der Waals surface area contributed by atoms with E-state index in [0.29, 0.717) is 19.4 Å². The van der Waals surface area contributed by atoms with Crippen LogP contribution in [-0.4, -0.2) is 20.4 Å². The quantitative estimate of drug-likeness (QED) is 0.883. The molecule has 0 radical (unpaired) electrons. The Bertz CT molecular complexity index is 557. The van der Waals surface area contributed by atoms with Crippen molar-refractivity contribution >= 4 is 10.9 Å². The van der Waals surface area contributed by atoms with Gasteiger partial charge in [-0.05, 0) is 25.8 Å². The third-order valence-corrected chi connectivity index (χ3v) is 3.24. The number of rotatable bonds is 3. The van der Waals surface area contributed by atoms with Crippen LogP contribution in [0.15, 0.2) is 18.5 Å². The number of halogens is 1. The van der Waals surface area contributed by atoms with Crippen LogP contribution in [0.5, 0.6) is 0 Å². The van der Waals surface area contributed by atoms with Crippen molar-refractivity contribution in [3.8, 4) is 0 Å². The smallest absolute Gasteiger partial charge is 0.130 e. The van der Waals surface area contributed by atoms with Gasteiger partial charge in [0.05, 0.1) is 30.1 Å². The highest BCUT2D eigenvalue weighted by molar-refractivity contribution is 5.78. The van der Waals surface area contributed by atoms with Crippen molar-refractivity contribution in [3.63, 3.8) is 0 Å². The fourth-order valence-electron chi connectivity index (χ4n) is 1.93. The summed E-state index contributed by atoms with van der Waals surface area (Å²) in [4.78, 5) is 4.28. The molecule has 90 valence electrons. The van der Waals surface area contributed by atoms with Gasteiger partial charge >= 0.3 is 0 Å². The van der Waals surface area contributed by atoms with Gasteiger partial charge in [-0.25, -0.2) is 4.39 Å². The highest BCUT2D eigenvalue weighted by atomic mass is 19.1. The predicted molar refractivity (Wildman–Crippen MR) is 63.2 cm³/mol. The van der Waals surface area contributed by atoms with Crippen LogP contribution in [0.25, 0.3) is 10.9 Å². The molecule has 5 heteroatoms. The topological polar surface area (TPSA) is 56.7 Å². The van der Waals surface area contributed by atoms with Crippen LogP contribution in [0.1, 0.15) is 31.5 Å². The Morgan fingerprint density at radius 3 is 2.94 bits per heavy atom. The first-order valence-electron chi connectivity index (χ1n) is 5.83. The number of hydrogen-bond donors (Lipinski definition) is 1. The van der Waals surface area contributed by atoms with Crippen molar-refractivity contribution in [1.82, 2.24) is 14.8 Å². The Kier molecular flexibility index (Phi) is 2.19. The molecule has 1 saturated carbocycles. The fraction of sp³-hybridized carbons (Fsp3) is 0.500. The molecule has 0 bridgehead atoms. The Balaban J connectivity index is 1.99. The molecule has 0 amide bonds. The highest BCUT2D eigenvalue weighted by Gasteiger charge is 2.44. The van der Waals surface area contributed by atoms with Crippen molar-refractivity contribution < 1.29 is 4.39 Å². The van der Waals surface area contributed by atoms with Crippen molar-refractivity contribution in [2.24, 2.45) is 5.73 Å². The Morgan fingerprint density at radius 1 is 1.53 bits per heavy atom. The largest absolute Gasteiger partial charge is 0.323 e. The summed E-state index contributed by atoms with van der Waals surface area (Å²) >= 11 is 0. The van der Waals surface area contributed by atoms with Gasteiger partial charge in [-0.1, -0.05) is 0 Å². The van der Waals surface area contributed by atoms with E-state index < -0.39 is 5.67 Å². The summed E-state index contributed by atoms with van der Waals surface area (Å²) in [5, 5.41) is 5.19. The number of aromatic nitrogens is 3. The summed E-state index contributed by atoms with van der Waals surface area (Å²) < 4.78 is 15.4.